The second-order valence-corrected chi connectivity index (χ2v) is 8.66. The Morgan fingerprint density at radius 3 is 2.61 bits per heavy atom. The molecule has 0 bridgehead atoms. The van der Waals surface area contributed by atoms with E-state index in [-0.39, 0.29) is 0 Å². The molecule has 2 aliphatic heterocycles. The molecule has 0 radical (unpaired) electrons. The van der Waals surface area contributed by atoms with E-state index < -0.39 is 0 Å². The van der Waals surface area contributed by atoms with E-state index in [0.717, 1.165) is 88.9 Å². The second-order valence-electron chi connectivity index (χ2n) is 7.93. The molecule has 9 heteroatoms. The van der Waals surface area contributed by atoms with Crippen LogP contribution in [0.1, 0.15) is 23.9 Å². The quantitative estimate of drug-likeness (QED) is 0.540. The number of nitrogens with zero attached hydrogens (tertiary/aromatic N) is 6. The van der Waals surface area contributed by atoms with E-state index in [1.54, 1.807) is 0 Å². The first-order chi connectivity index (χ1) is 15.2. The van der Waals surface area contributed by atoms with Gasteiger partial charge < -0.3 is 19.9 Å². The molecule has 2 aromatic rings. The number of aromatic nitrogens is 2. The standard InChI is InChI=1S/C22H33N7OS/c1-3-20-25-22(31-26-20)29-9-7-28(8-10-29)21(23-2)24-16-18-5-4-6-19(15-18)17-27-11-13-30-14-12-27/h4-6,15H,3,7-14,16-17H2,1-2H3,(H,23,24). The fourth-order valence-electron chi connectivity index (χ4n) is 4.00. The molecule has 0 saturated carbocycles. The number of hydrogen-bond donors (Lipinski definition) is 1. The SMILES string of the molecule is CCc1nsc(N2CCN(C(=NC)NCc3cccc(CN4CCOCC4)c3)CC2)n1. The van der Waals surface area contributed by atoms with Gasteiger partial charge in [0.25, 0.3) is 0 Å². The molecule has 31 heavy (non-hydrogen) atoms. The minimum Gasteiger partial charge on any atom is -0.379 e. The molecule has 0 aliphatic carbocycles. The van der Waals surface area contributed by atoms with E-state index in [4.69, 9.17) is 4.74 Å². The molecule has 2 aliphatic rings. The number of benzene rings is 1. The molecule has 2 saturated heterocycles. The van der Waals surface area contributed by atoms with Crippen LogP contribution in [0.15, 0.2) is 29.3 Å². The molecule has 8 nitrogen and oxygen atoms in total. The van der Waals surface area contributed by atoms with Crippen molar-refractivity contribution in [1.29, 1.82) is 0 Å². The Morgan fingerprint density at radius 2 is 1.90 bits per heavy atom. The van der Waals surface area contributed by atoms with Crippen LogP contribution in [-0.4, -0.2) is 84.6 Å². The maximum Gasteiger partial charge on any atom is 0.205 e. The minimum atomic E-state index is 0.778. The van der Waals surface area contributed by atoms with E-state index in [9.17, 15) is 0 Å². The number of guanidine groups is 1. The molecule has 1 aromatic heterocycles. The van der Waals surface area contributed by atoms with Gasteiger partial charge >= 0.3 is 0 Å². The molecule has 0 atom stereocenters. The number of aliphatic imine (C=N–C) groups is 1. The zero-order chi connectivity index (χ0) is 21.5. The summed E-state index contributed by atoms with van der Waals surface area (Å²) >= 11 is 1.51. The number of piperazine rings is 1. The molecule has 168 valence electrons. The van der Waals surface area contributed by atoms with Crippen LogP contribution >= 0.6 is 11.5 Å². The number of aryl methyl sites for hydroxylation is 1. The third-order valence-electron chi connectivity index (χ3n) is 5.79. The minimum absolute atomic E-state index is 0.778. The molecule has 0 amide bonds. The molecular formula is C22H33N7OS. The van der Waals surface area contributed by atoms with Gasteiger partial charge in [0.1, 0.15) is 5.82 Å². The van der Waals surface area contributed by atoms with E-state index in [1.165, 1.54) is 22.7 Å². The summed E-state index contributed by atoms with van der Waals surface area (Å²) < 4.78 is 9.87. The Morgan fingerprint density at radius 1 is 1.13 bits per heavy atom. The fraction of sp³-hybridized carbons (Fsp3) is 0.591. The van der Waals surface area contributed by atoms with E-state index in [1.807, 2.05) is 7.05 Å². The van der Waals surface area contributed by atoms with Crippen LogP contribution < -0.4 is 10.2 Å². The third kappa shape index (κ3) is 5.93. The molecule has 0 spiro atoms. The highest BCUT2D eigenvalue weighted by Gasteiger charge is 2.22. The van der Waals surface area contributed by atoms with Crippen molar-refractivity contribution in [2.75, 3.05) is 64.4 Å². The van der Waals surface area contributed by atoms with Crippen molar-refractivity contribution in [1.82, 2.24) is 24.5 Å². The lowest BCUT2D eigenvalue weighted by atomic mass is 10.1. The highest BCUT2D eigenvalue weighted by atomic mass is 32.1. The van der Waals surface area contributed by atoms with Crippen LogP contribution in [0.2, 0.25) is 0 Å². The Hall–Kier alpha value is -2.23. The molecule has 3 heterocycles. The van der Waals surface area contributed by atoms with Crippen LogP contribution in [0, 0.1) is 0 Å². The van der Waals surface area contributed by atoms with Crippen molar-refractivity contribution in [2.24, 2.45) is 4.99 Å². The highest BCUT2D eigenvalue weighted by Crippen LogP contribution is 2.19. The summed E-state index contributed by atoms with van der Waals surface area (Å²) in [5.41, 5.74) is 2.64. The molecule has 1 aromatic carbocycles. The zero-order valence-electron chi connectivity index (χ0n) is 18.6. The average Bonchev–Trinajstić information content (AvgIpc) is 3.30. The van der Waals surface area contributed by atoms with Crippen LogP contribution in [0.3, 0.4) is 0 Å². The smallest absolute Gasteiger partial charge is 0.205 e. The van der Waals surface area contributed by atoms with Crippen LogP contribution in [-0.2, 0) is 24.2 Å². The molecule has 0 unspecified atom stereocenters. The van der Waals surface area contributed by atoms with Gasteiger partial charge in [-0.2, -0.15) is 4.37 Å². The topological polar surface area (TPSA) is 69.1 Å². The number of rotatable bonds is 6. The first-order valence-electron chi connectivity index (χ1n) is 11.2. The summed E-state index contributed by atoms with van der Waals surface area (Å²) in [7, 11) is 1.86. The van der Waals surface area contributed by atoms with E-state index in [0.29, 0.717) is 0 Å². The van der Waals surface area contributed by atoms with E-state index in [2.05, 4.69) is 65.6 Å². The van der Waals surface area contributed by atoms with Gasteiger partial charge in [-0.3, -0.25) is 9.89 Å². The maximum atomic E-state index is 5.46. The molecule has 1 N–H and O–H groups in total. The van der Waals surface area contributed by atoms with Gasteiger partial charge in [0.05, 0.1) is 13.2 Å². The van der Waals surface area contributed by atoms with Crippen molar-refractivity contribution in [3.05, 3.63) is 41.2 Å². The first-order valence-corrected chi connectivity index (χ1v) is 11.9. The van der Waals surface area contributed by atoms with Gasteiger partial charge in [-0.25, -0.2) is 4.98 Å². The lowest BCUT2D eigenvalue weighted by Gasteiger charge is -2.36. The summed E-state index contributed by atoms with van der Waals surface area (Å²) in [6.07, 6.45) is 0.890. The number of hydrogen-bond acceptors (Lipinski definition) is 7. The summed E-state index contributed by atoms with van der Waals surface area (Å²) in [5.74, 6) is 1.90. The van der Waals surface area contributed by atoms with Crippen molar-refractivity contribution < 1.29 is 4.74 Å². The van der Waals surface area contributed by atoms with Gasteiger partial charge in [-0.1, -0.05) is 31.2 Å². The first kappa shape index (κ1) is 22.0. The third-order valence-corrected chi connectivity index (χ3v) is 6.60. The van der Waals surface area contributed by atoms with Crippen molar-refractivity contribution >= 4 is 22.6 Å². The maximum absolute atomic E-state index is 5.46. The lowest BCUT2D eigenvalue weighted by molar-refractivity contribution is 0.0342. The van der Waals surface area contributed by atoms with Crippen LogP contribution in [0.25, 0.3) is 0 Å². The predicted octanol–water partition coefficient (Wildman–Crippen LogP) is 1.83. The average molecular weight is 444 g/mol. The summed E-state index contributed by atoms with van der Waals surface area (Å²) in [6, 6.07) is 8.85. The van der Waals surface area contributed by atoms with E-state index >= 15 is 0 Å². The monoisotopic (exact) mass is 443 g/mol. The van der Waals surface area contributed by atoms with Gasteiger partial charge in [-0.05, 0) is 11.1 Å². The highest BCUT2D eigenvalue weighted by molar-refractivity contribution is 7.09. The number of nitrogens with one attached hydrogen (secondary N) is 1. The Labute approximate surface area is 189 Å². The van der Waals surface area contributed by atoms with Crippen molar-refractivity contribution in [3.63, 3.8) is 0 Å². The molecular weight excluding hydrogens is 410 g/mol. The van der Waals surface area contributed by atoms with Gasteiger partial charge in [-0.15, -0.1) is 0 Å². The normalized spacial score (nSPS) is 18.5. The molecule has 2 fully saturated rings. The van der Waals surface area contributed by atoms with Gasteiger partial charge in [0.15, 0.2) is 5.96 Å². The lowest BCUT2D eigenvalue weighted by Crippen LogP contribution is -2.52. The zero-order valence-corrected chi connectivity index (χ0v) is 19.4. The van der Waals surface area contributed by atoms with Crippen molar-refractivity contribution in [3.8, 4) is 0 Å². The Balaban J connectivity index is 1.27. The summed E-state index contributed by atoms with van der Waals surface area (Å²) in [4.78, 5) is 16.3. The van der Waals surface area contributed by atoms with Crippen molar-refractivity contribution in [2.45, 2.75) is 26.4 Å². The fourth-order valence-corrected chi connectivity index (χ4v) is 4.80. The molecule has 4 rings (SSSR count). The largest absolute Gasteiger partial charge is 0.379 e. The second kappa shape index (κ2) is 10.9. The van der Waals surface area contributed by atoms with Gasteiger partial charge in [0.2, 0.25) is 5.13 Å². The van der Waals surface area contributed by atoms with Crippen LogP contribution in [0.4, 0.5) is 5.13 Å². The predicted molar refractivity (Wildman–Crippen MR) is 126 cm³/mol. The number of anilines is 1. The number of ether oxygens (including phenoxy) is 1. The summed E-state index contributed by atoms with van der Waals surface area (Å²) in [6.45, 7) is 11.3. The van der Waals surface area contributed by atoms with Crippen LogP contribution in [0.5, 0.6) is 0 Å². The summed E-state index contributed by atoms with van der Waals surface area (Å²) in [5, 5.41) is 4.59. The Kier molecular flexibility index (Phi) is 7.71. The number of morpholine rings is 1. The van der Waals surface area contributed by atoms with Gasteiger partial charge in [0, 0.05) is 77.4 Å². The Bertz CT molecular complexity index is 857.